The minimum Gasteiger partial charge on any atom is -0.334 e. The van der Waals surface area contributed by atoms with Gasteiger partial charge >= 0.3 is 0 Å². The van der Waals surface area contributed by atoms with E-state index in [1.807, 2.05) is 42.5 Å². The first-order chi connectivity index (χ1) is 10.9. The number of benzene rings is 1. The maximum Gasteiger partial charge on any atom is 0.258 e. The highest BCUT2D eigenvalue weighted by atomic mass is 16.5. The van der Waals surface area contributed by atoms with Crippen molar-refractivity contribution in [3.63, 3.8) is 0 Å². The lowest BCUT2D eigenvalue weighted by Gasteiger charge is -2.00. The van der Waals surface area contributed by atoms with E-state index in [0.717, 1.165) is 11.3 Å². The predicted molar refractivity (Wildman–Crippen MR) is 75.7 cm³/mol. The van der Waals surface area contributed by atoms with E-state index >= 15 is 0 Å². The minimum atomic E-state index is 0.413. The van der Waals surface area contributed by atoms with Gasteiger partial charge in [-0.2, -0.15) is 4.98 Å². The molecule has 8 heteroatoms. The first-order valence-electron chi connectivity index (χ1n) is 6.49. The van der Waals surface area contributed by atoms with Crippen LogP contribution >= 0.6 is 0 Å². The van der Waals surface area contributed by atoms with Gasteiger partial charge in [0, 0.05) is 11.8 Å². The van der Waals surface area contributed by atoms with Gasteiger partial charge in [-0.25, -0.2) is 4.68 Å². The van der Waals surface area contributed by atoms with Crippen molar-refractivity contribution in [2.75, 3.05) is 0 Å². The second-order valence-corrected chi connectivity index (χ2v) is 4.44. The van der Waals surface area contributed by atoms with Crippen LogP contribution in [0.2, 0.25) is 0 Å². The number of nitrogens with zero attached hydrogens (tertiary/aromatic N) is 7. The molecule has 1 aromatic carbocycles. The maximum absolute atomic E-state index is 5.32. The summed E-state index contributed by atoms with van der Waals surface area (Å²) in [4.78, 5) is 8.57. The fraction of sp³-hybridized carbons (Fsp3) is 0. The Balaban J connectivity index is 1.71. The third-order valence-electron chi connectivity index (χ3n) is 3.03. The normalized spacial score (nSPS) is 10.7. The van der Waals surface area contributed by atoms with Crippen LogP contribution in [0.25, 0.3) is 28.7 Å². The lowest BCUT2D eigenvalue weighted by atomic mass is 10.2. The molecule has 8 nitrogen and oxygen atoms in total. The second kappa shape index (κ2) is 5.17. The van der Waals surface area contributed by atoms with Crippen LogP contribution in [0.1, 0.15) is 0 Å². The molecule has 0 saturated carbocycles. The Morgan fingerprint density at radius 2 is 2.05 bits per heavy atom. The molecule has 0 atom stereocenters. The largest absolute Gasteiger partial charge is 0.334 e. The van der Waals surface area contributed by atoms with Crippen LogP contribution in [0.5, 0.6) is 0 Å². The van der Waals surface area contributed by atoms with Crippen molar-refractivity contribution >= 4 is 0 Å². The molecule has 3 heterocycles. The molecule has 0 saturated heterocycles. The van der Waals surface area contributed by atoms with Crippen LogP contribution in [0.3, 0.4) is 0 Å². The van der Waals surface area contributed by atoms with E-state index in [1.165, 1.54) is 6.33 Å². The highest BCUT2D eigenvalue weighted by molar-refractivity contribution is 5.60. The molecule has 4 aromatic rings. The summed E-state index contributed by atoms with van der Waals surface area (Å²) in [6, 6.07) is 13.0. The maximum atomic E-state index is 5.32. The van der Waals surface area contributed by atoms with Gasteiger partial charge in [0.1, 0.15) is 12.0 Å². The summed E-state index contributed by atoms with van der Waals surface area (Å²) < 4.78 is 6.87. The van der Waals surface area contributed by atoms with Gasteiger partial charge in [0.05, 0.1) is 5.69 Å². The molecule has 0 aliphatic carbocycles. The Bertz CT molecular complexity index is 886. The second-order valence-electron chi connectivity index (χ2n) is 4.44. The number of tetrazole rings is 1. The van der Waals surface area contributed by atoms with Crippen molar-refractivity contribution in [2.45, 2.75) is 0 Å². The zero-order valence-electron chi connectivity index (χ0n) is 11.2. The third-order valence-corrected chi connectivity index (χ3v) is 3.03. The average molecular weight is 291 g/mol. The number of aromatic nitrogens is 7. The smallest absolute Gasteiger partial charge is 0.258 e. The highest BCUT2D eigenvalue weighted by Crippen LogP contribution is 2.22. The fourth-order valence-corrected chi connectivity index (χ4v) is 2.00. The standard InChI is InChI=1S/C14H9N7O/c1-2-7-15-12(6-1)13-17-14(22-18-13)10-4-3-5-11(8-10)21-9-16-19-20-21/h1-9H. The number of rotatable bonds is 3. The van der Waals surface area contributed by atoms with Crippen molar-refractivity contribution in [2.24, 2.45) is 0 Å². The van der Waals surface area contributed by atoms with Gasteiger partial charge in [0.25, 0.3) is 5.89 Å². The van der Waals surface area contributed by atoms with Gasteiger partial charge in [0.15, 0.2) is 0 Å². The summed E-state index contributed by atoms with van der Waals surface area (Å²) >= 11 is 0. The first-order valence-corrected chi connectivity index (χ1v) is 6.49. The molecule has 0 bridgehead atoms. The van der Waals surface area contributed by atoms with Crippen LogP contribution in [-0.4, -0.2) is 35.3 Å². The van der Waals surface area contributed by atoms with Crippen molar-refractivity contribution in [3.8, 4) is 28.7 Å². The zero-order chi connectivity index (χ0) is 14.8. The molecule has 0 radical (unpaired) electrons. The summed E-state index contributed by atoms with van der Waals surface area (Å²) in [5.74, 6) is 0.860. The Hall–Kier alpha value is -3.42. The highest BCUT2D eigenvalue weighted by Gasteiger charge is 2.12. The van der Waals surface area contributed by atoms with Gasteiger partial charge < -0.3 is 4.52 Å². The molecule has 0 amide bonds. The van der Waals surface area contributed by atoms with E-state index in [-0.39, 0.29) is 0 Å². The quantitative estimate of drug-likeness (QED) is 0.567. The molecular weight excluding hydrogens is 282 g/mol. The molecule has 0 fully saturated rings. The molecule has 0 unspecified atom stereocenters. The van der Waals surface area contributed by atoms with E-state index in [0.29, 0.717) is 17.4 Å². The summed E-state index contributed by atoms with van der Waals surface area (Å²) in [5, 5.41) is 15.0. The van der Waals surface area contributed by atoms with E-state index < -0.39 is 0 Å². The van der Waals surface area contributed by atoms with Crippen molar-refractivity contribution in [3.05, 3.63) is 55.0 Å². The van der Waals surface area contributed by atoms with Gasteiger partial charge in [-0.1, -0.05) is 17.3 Å². The van der Waals surface area contributed by atoms with Crippen LogP contribution in [0, 0.1) is 0 Å². The average Bonchev–Trinajstić information content (AvgIpc) is 3.28. The number of hydrogen-bond acceptors (Lipinski definition) is 7. The SMILES string of the molecule is c1ccc(-c2noc(-c3cccc(-n4cnnn4)c3)n2)nc1. The van der Waals surface area contributed by atoms with Gasteiger partial charge in [-0.05, 0) is 40.8 Å². The van der Waals surface area contributed by atoms with E-state index in [4.69, 9.17) is 4.52 Å². The molecule has 0 aliphatic rings. The van der Waals surface area contributed by atoms with E-state index in [2.05, 4.69) is 30.7 Å². The van der Waals surface area contributed by atoms with Crippen molar-refractivity contribution in [1.29, 1.82) is 0 Å². The van der Waals surface area contributed by atoms with Gasteiger partial charge in [0.2, 0.25) is 5.82 Å². The molecule has 3 aromatic heterocycles. The summed E-state index contributed by atoms with van der Waals surface area (Å²) in [7, 11) is 0. The minimum absolute atomic E-state index is 0.413. The topological polar surface area (TPSA) is 95.4 Å². The lowest BCUT2D eigenvalue weighted by Crippen LogP contribution is -1.95. The van der Waals surface area contributed by atoms with E-state index in [9.17, 15) is 0 Å². The summed E-state index contributed by atoms with van der Waals surface area (Å²) in [6.07, 6.45) is 3.20. The molecule has 106 valence electrons. The molecule has 0 N–H and O–H groups in total. The Morgan fingerprint density at radius 3 is 2.86 bits per heavy atom. The fourth-order valence-electron chi connectivity index (χ4n) is 2.00. The summed E-state index contributed by atoms with van der Waals surface area (Å²) in [6.45, 7) is 0. The predicted octanol–water partition coefficient (Wildman–Crippen LogP) is 1.77. The molecule has 22 heavy (non-hydrogen) atoms. The number of hydrogen-bond donors (Lipinski definition) is 0. The Morgan fingerprint density at radius 1 is 1.05 bits per heavy atom. The van der Waals surface area contributed by atoms with Gasteiger partial charge in [-0.15, -0.1) is 5.10 Å². The summed E-state index contributed by atoms with van der Waals surface area (Å²) in [5.41, 5.74) is 2.25. The third kappa shape index (κ3) is 2.22. The molecule has 0 aliphatic heterocycles. The number of pyridine rings is 1. The zero-order valence-corrected chi connectivity index (χ0v) is 11.2. The van der Waals surface area contributed by atoms with Crippen LogP contribution in [0.4, 0.5) is 0 Å². The van der Waals surface area contributed by atoms with E-state index in [1.54, 1.807) is 10.9 Å². The molecular formula is C14H9N7O. The lowest BCUT2D eigenvalue weighted by molar-refractivity contribution is 0.432. The monoisotopic (exact) mass is 291 g/mol. The van der Waals surface area contributed by atoms with Gasteiger partial charge in [-0.3, -0.25) is 4.98 Å². The van der Waals surface area contributed by atoms with Crippen molar-refractivity contribution in [1.82, 2.24) is 35.3 Å². The van der Waals surface area contributed by atoms with Crippen molar-refractivity contribution < 1.29 is 4.52 Å². The molecule has 0 spiro atoms. The van der Waals surface area contributed by atoms with Crippen LogP contribution in [-0.2, 0) is 0 Å². The van der Waals surface area contributed by atoms with Crippen LogP contribution < -0.4 is 0 Å². The molecule has 4 rings (SSSR count). The van der Waals surface area contributed by atoms with Crippen LogP contribution in [0.15, 0.2) is 59.5 Å². The Labute approximate surface area is 124 Å². The Kier molecular flexibility index (Phi) is 2.90. The first kappa shape index (κ1) is 12.3.